The summed E-state index contributed by atoms with van der Waals surface area (Å²) in [6.45, 7) is 5.97. The average molecular weight is 346 g/mol. The largest absolute Gasteiger partial charge is 0.389 e. The fourth-order valence-electron chi connectivity index (χ4n) is 3.97. The van der Waals surface area contributed by atoms with E-state index in [1.165, 1.54) is 18.5 Å². The van der Waals surface area contributed by atoms with Gasteiger partial charge in [-0.05, 0) is 49.9 Å². The smallest absolute Gasteiger partial charge is 0.253 e. The molecule has 1 aromatic rings. The number of nitrogens with zero attached hydrogens (tertiary/aromatic N) is 2. The first kappa shape index (κ1) is 18.2. The zero-order valence-electron chi connectivity index (χ0n) is 15.4. The van der Waals surface area contributed by atoms with E-state index in [1.54, 1.807) is 7.11 Å². The highest BCUT2D eigenvalue weighted by atomic mass is 16.5. The van der Waals surface area contributed by atoms with Gasteiger partial charge in [0.2, 0.25) is 0 Å². The molecule has 5 nitrogen and oxygen atoms in total. The van der Waals surface area contributed by atoms with Crippen LogP contribution in [0.15, 0.2) is 24.3 Å². The van der Waals surface area contributed by atoms with E-state index in [2.05, 4.69) is 17.0 Å². The van der Waals surface area contributed by atoms with Gasteiger partial charge in [0.1, 0.15) is 0 Å². The van der Waals surface area contributed by atoms with E-state index in [0.717, 1.165) is 18.7 Å². The van der Waals surface area contributed by atoms with E-state index in [-0.39, 0.29) is 11.8 Å². The highest BCUT2D eigenvalue weighted by Gasteiger charge is 2.39. The van der Waals surface area contributed by atoms with Crippen molar-refractivity contribution in [1.29, 1.82) is 0 Å². The number of carbonyl (C=O) groups excluding carboxylic acids is 1. The second kappa shape index (κ2) is 7.75. The molecule has 0 radical (unpaired) electrons. The lowest BCUT2D eigenvalue weighted by atomic mass is 9.79. The number of rotatable bonds is 5. The average Bonchev–Trinajstić information content (AvgIpc) is 3.17. The van der Waals surface area contributed by atoms with Crippen LogP contribution >= 0.6 is 0 Å². The summed E-state index contributed by atoms with van der Waals surface area (Å²) in [5.41, 5.74) is 1.21. The van der Waals surface area contributed by atoms with Gasteiger partial charge in [-0.25, -0.2) is 0 Å². The maximum absolute atomic E-state index is 12.8. The molecule has 1 N–H and O–H groups in total. The number of benzene rings is 1. The number of carbonyl (C=O) groups is 1. The molecule has 0 bridgehead atoms. The van der Waals surface area contributed by atoms with E-state index in [1.807, 2.05) is 24.0 Å². The Hall–Kier alpha value is -1.59. The fourth-order valence-corrected chi connectivity index (χ4v) is 3.97. The Morgan fingerprint density at radius 3 is 2.52 bits per heavy atom. The third-order valence-electron chi connectivity index (χ3n) is 5.84. The number of anilines is 1. The van der Waals surface area contributed by atoms with Gasteiger partial charge in [0.25, 0.3) is 5.91 Å². The molecule has 0 aromatic heterocycles. The van der Waals surface area contributed by atoms with Crippen molar-refractivity contribution in [3.8, 4) is 0 Å². The number of hydrogen-bond donors (Lipinski definition) is 1. The van der Waals surface area contributed by atoms with Crippen molar-refractivity contribution in [2.24, 2.45) is 5.92 Å². The molecule has 2 saturated heterocycles. The van der Waals surface area contributed by atoms with Crippen molar-refractivity contribution in [3.63, 3.8) is 0 Å². The number of hydrogen-bond acceptors (Lipinski definition) is 4. The molecule has 0 saturated carbocycles. The topological polar surface area (TPSA) is 53.0 Å². The van der Waals surface area contributed by atoms with Gasteiger partial charge in [-0.1, -0.05) is 6.92 Å². The van der Waals surface area contributed by atoms with Crippen LogP contribution in [0.25, 0.3) is 0 Å². The van der Waals surface area contributed by atoms with E-state index in [4.69, 9.17) is 4.74 Å². The molecule has 2 aliphatic rings. The molecule has 2 fully saturated rings. The number of amides is 1. The summed E-state index contributed by atoms with van der Waals surface area (Å²) in [6.07, 6.45) is 3.73. The molecule has 0 spiro atoms. The van der Waals surface area contributed by atoms with E-state index >= 15 is 0 Å². The molecule has 138 valence electrons. The van der Waals surface area contributed by atoms with E-state index in [9.17, 15) is 9.90 Å². The molecule has 5 heteroatoms. The Bertz CT molecular complexity index is 583. The summed E-state index contributed by atoms with van der Waals surface area (Å²) in [5.74, 6) is 0.109. The number of methoxy groups -OCH3 is 1. The highest BCUT2D eigenvalue weighted by molar-refractivity contribution is 5.94. The zero-order valence-corrected chi connectivity index (χ0v) is 15.4. The van der Waals surface area contributed by atoms with Gasteiger partial charge in [-0.2, -0.15) is 0 Å². The molecule has 2 heterocycles. The van der Waals surface area contributed by atoms with Crippen LogP contribution in [0.5, 0.6) is 0 Å². The van der Waals surface area contributed by atoms with Crippen molar-refractivity contribution in [3.05, 3.63) is 29.8 Å². The maximum Gasteiger partial charge on any atom is 0.253 e. The maximum atomic E-state index is 12.8. The molecule has 25 heavy (non-hydrogen) atoms. The molecule has 1 amide bonds. The molecule has 0 aliphatic carbocycles. The number of aliphatic hydroxyl groups is 1. The van der Waals surface area contributed by atoms with Gasteiger partial charge in [0, 0.05) is 57.1 Å². The Labute approximate surface area is 150 Å². The first-order valence-electron chi connectivity index (χ1n) is 9.39. The zero-order chi connectivity index (χ0) is 17.9. The van der Waals surface area contributed by atoms with E-state index < -0.39 is 5.60 Å². The first-order chi connectivity index (χ1) is 12.0. The lowest BCUT2D eigenvalue weighted by Crippen LogP contribution is -2.52. The predicted molar refractivity (Wildman–Crippen MR) is 99.0 cm³/mol. The summed E-state index contributed by atoms with van der Waals surface area (Å²) >= 11 is 0. The van der Waals surface area contributed by atoms with Gasteiger partial charge in [-0.15, -0.1) is 0 Å². The lowest BCUT2D eigenvalue weighted by molar-refractivity contribution is -0.0750. The van der Waals surface area contributed by atoms with Crippen LogP contribution in [0.2, 0.25) is 0 Å². The van der Waals surface area contributed by atoms with Gasteiger partial charge in [0.05, 0.1) is 5.60 Å². The van der Waals surface area contributed by atoms with Crippen molar-refractivity contribution in [2.45, 2.75) is 38.2 Å². The molecule has 2 aliphatic heterocycles. The quantitative estimate of drug-likeness (QED) is 0.890. The third kappa shape index (κ3) is 3.98. The van der Waals surface area contributed by atoms with Gasteiger partial charge >= 0.3 is 0 Å². The number of piperidine rings is 1. The standard InChI is InChI=1S/C20H30N2O3/c1-16-15-22(13-9-20(16,24)10-14-25-2)19(23)17-5-7-18(8-6-17)21-11-3-4-12-21/h5-8,16,24H,3-4,9-15H2,1-2H3/t16-,20-/m0/s1. The van der Waals surface area contributed by atoms with Crippen molar-refractivity contribution in [1.82, 2.24) is 4.90 Å². The minimum Gasteiger partial charge on any atom is -0.389 e. The lowest BCUT2D eigenvalue weighted by Gasteiger charge is -2.43. The number of ether oxygens (including phenoxy) is 1. The third-order valence-corrected chi connectivity index (χ3v) is 5.84. The van der Waals surface area contributed by atoms with Gasteiger partial charge in [0.15, 0.2) is 0 Å². The summed E-state index contributed by atoms with van der Waals surface area (Å²) in [4.78, 5) is 17.0. The molecule has 2 atom stereocenters. The summed E-state index contributed by atoms with van der Waals surface area (Å²) in [7, 11) is 1.65. The Kier molecular flexibility index (Phi) is 5.64. The Balaban J connectivity index is 1.61. The predicted octanol–water partition coefficient (Wildman–Crippen LogP) is 2.54. The molecule has 3 rings (SSSR count). The minimum absolute atomic E-state index is 0.0456. The summed E-state index contributed by atoms with van der Waals surface area (Å²) < 4.78 is 5.11. The van der Waals surface area contributed by atoms with Gasteiger partial charge in [-0.3, -0.25) is 4.79 Å². The van der Waals surface area contributed by atoms with Crippen molar-refractivity contribution >= 4 is 11.6 Å². The molecular formula is C20H30N2O3. The van der Waals surface area contributed by atoms with Crippen LogP contribution < -0.4 is 4.90 Å². The normalized spacial score (nSPS) is 26.9. The first-order valence-corrected chi connectivity index (χ1v) is 9.39. The second-order valence-electron chi connectivity index (χ2n) is 7.49. The second-order valence-corrected chi connectivity index (χ2v) is 7.49. The van der Waals surface area contributed by atoms with Crippen LogP contribution in [0.1, 0.15) is 43.0 Å². The molecule has 1 aromatic carbocycles. The van der Waals surface area contributed by atoms with Crippen LogP contribution in [0.4, 0.5) is 5.69 Å². The monoisotopic (exact) mass is 346 g/mol. The van der Waals surface area contributed by atoms with Crippen LogP contribution in [0, 0.1) is 5.92 Å². The highest BCUT2D eigenvalue weighted by Crippen LogP contribution is 2.31. The van der Waals surface area contributed by atoms with Crippen LogP contribution in [-0.4, -0.2) is 61.4 Å². The van der Waals surface area contributed by atoms with Crippen molar-refractivity contribution in [2.75, 3.05) is 44.8 Å². The van der Waals surface area contributed by atoms with Crippen molar-refractivity contribution < 1.29 is 14.6 Å². The van der Waals surface area contributed by atoms with E-state index in [0.29, 0.717) is 32.5 Å². The van der Waals surface area contributed by atoms with Crippen LogP contribution in [0.3, 0.4) is 0 Å². The molecule has 0 unspecified atom stereocenters. The summed E-state index contributed by atoms with van der Waals surface area (Å²) in [5, 5.41) is 10.8. The number of likely N-dealkylation sites (tertiary alicyclic amines) is 1. The summed E-state index contributed by atoms with van der Waals surface area (Å²) in [6, 6.07) is 7.99. The Morgan fingerprint density at radius 2 is 1.92 bits per heavy atom. The van der Waals surface area contributed by atoms with Crippen LogP contribution in [-0.2, 0) is 4.74 Å². The SMILES string of the molecule is COCC[C@@]1(O)CCN(C(=O)c2ccc(N3CCCC3)cc2)C[C@@H]1C. The van der Waals surface area contributed by atoms with Gasteiger partial charge < -0.3 is 19.6 Å². The Morgan fingerprint density at radius 1 is 1.24 bits per heavy atom. The molecular weight excluding hydrogens is 316 g/mol. The fraction of sp³-hybridized carbons (Fsp3) is 0.650. The minimum atomic E-state index is -0.730.